The van der Waals surface area contributed by atoms with Crippen LogP contribution in [-0.2, 0) is 4.74 Å². The predicted octanol–water partition coefficient (Wildman–Crippen LogP) is 2.12. The van der Waals surface area contributed by atoms with Gasteiger partial charge in [0, 0.05) is 19.6 Å². The monoisotopic (exact) mass is 242 g/mol. The summed E-state index contributed by atoms with van der Waals surface area (Å²) in [6, 6.07) is 0. The molecular formula is C14H30N2O. The van der Waals surface area contributed by atoms with E-state index in [4.69, 9.17) is 4.74 Å². The molecule has 102 valence electrons. The van der Waals surface area contributed by atoms with Crippen molar-refractivity contribution in [2.75, 3.05) is 40.3 Å². The topological polar surface area (TPSA) is 24.5 Å². The largest absolute Gasteiger partial charge is 0.377 e. The molecular weight excluding hydrogens is 212 g/mol. The second kappa shape index (κ2) is 8.90. The molecule has 3 nitrogen and oxygen atoms in total. The SMILES string of the molecule is CCC1CCCC(OCCNCCN(C)C)C1. The standard InChI is InChI=1S/C14H30N2O/c1-4-13-6-5-7-14(12-13)17-11-9-15-8-10-16(2)3/h13-15H,4-12H2,1-3H3. The van der Waals surface area contributed by atoms with Gasteiger partial charge in [-0.25, -0.2) is 0 Å². The Morgan fingerprint density at radius 1 is 1.24 bits per heavy atom. The summed E-state index contributed by atoms with van der Waals surface area (Å²) in [6.45, 7) is 6.31. The molecule has 0 amide bonds. The molecule has 0 heterocycles. The minimum Gasteiger partial charge on any atom is -0.377 e. The number of likely N-dealkylation sites (N-methyl/N-ethyl adjacent to an activating group) is 1. The Bertz CT molecular complexity index is 185. The summed E-state index contributed by atoms with van der Waals surface area (Å²) >= 11 is 0. The van der Waals surface area contributed by atoms with Gasteiger partial charge in [-0.3, -0.25) is 0 Å². The summed E-state index contributed by atoms with van der Waals surface area (Å²) in [5.74, 6) is 0.912. The fraction of sp³-hybridized carbons (Fsp3) is 1.00. The molecule has 0 aromatic heterocycles. The Morgan fingerprint density at radius 2 is 2.06 bits per heavy atom. The highest BCUT2D eigenvalue weighted by molar-refractivity contribution is 4.72. The van der Waals surface area contributed by atoms with Gasteiger partial charge in [-0.05, 0) is 32.9 Å². The highest BCUT2D eigenvalue weighted by atomic mass is 16.5. The Labute approximate surface area is 107 Å². The van der Waals surface area contributed by atoms with Crippen LogP contribution in [0.5, 0.6) is 0 Å². The zero-order valence-corrected chi connectivity index (χ0v) is 11.9. The first-order valence-corrected chi connectivity index (χ1v) is 7.19. The van der Waals surface area contributed by atoms with Crippen molar-refractivity contribution in [3.63, 3.8) is 0 Å². The van der Waals surface area contributed by atoms with Crippen molar-refractivity contribution in [2.24, 2.45) is 5.92 Å². The van der Waals surface area contributed by atoms with Crippen LogP contribution in [0.2, 0.25) is 0 Å². The third kappa shape index (κ3) is 7.02. The Morgan fingerprint density at radius 3 is 2.76 bits per heavy atom. The number of hydrogen-bond acceptors (Lipinski definition) is 3. The van der Waals surface area contributed by atoms with E-state index in [-0.39, 0.29) is 0 Å². The first kappa shape index (κ1) is 14.9. The molecule has 1 aliphatic rings. The van der Waals surface area contributed by atoms with Crippen LogP contribution in [-0.4, -0.2) is 51.3 Å². The number of nitrogens with zero attached hydrogens (tertiary/aromatic N) is 1. The van der Waals surface area contributed by atoms with Crippen LogP contribution >= 0.6 is 0 Å². The van der Waals surface area contributed by atoms with Gasteiger partial charge in [0.1, 0.15) is 0 Å². The number of rotatable bonds is 8. The van der Waals surface area contributed by atoms with Gasteiger partial charge < -0.3 is 15.0 Å². The number of hydrogen-bond donors (Lipinski definition) is 1. The molecule has 2 atom stereocenters. The van der Waals surface area contributed by atoms with E-state index in [0.717, 1.165) is 32.2 Å². The Balaban J connectivity index is 1.95. The molecule has 0 aliphatic heterocycles. The second-order valence-electron chi connectivity index (χ2n) is 5.49. The van der Waals surface area contributed by atoms with Crippen molar-refractivity contribution < 1.29 is 4.74 Å². The summed E-state index contributed by atoms with van der Waals surface area (Å²) < 4.78 is 5.95. The Hall–Kier alpha value is -0.120. The molecule has 3 heteroatoms. The zero-order valence-electron chi connectivity index (χ0n) is 11.9. The molecule has 0 aromatic rings. The normalized spacial score (nSPS) is 25.4. The minimum atomic E-state index is 0.532. The molecule has 1 saturated carbocycles. The van der Waals surface area contributed by atoms with E-state index in [1.165, 1.54) is 32.1 Å². The zero-order chi connectivity index (χ0) is 12.5. The lowest BCUT2D eigenvalue weighted by Gasteiger charge is -2.28. The molecule has 17 heavy (non-hydrogen) atoms. The van der Waals surface area contributed by atoms with Crippen molar-refractivity contribution in [3.8, 4) is 0 Å². The van der Waals surface area contributed by atoms with E-state index >= 15 is 0 Å². The fourth-order valence-electron chi connectivity index (χ4n) is 2.49. The van der Waals surface area contributed by atoms with Crippen LogP contribution in [0.3, 0.4) is 0 Å². The molecule has 0 saturated heterocycles. The van der Waals surface area contributed by atoms with Crippen molar-refractivity contribution in [1.82, 2.24) is 10.2 Å². The van der Waals surface area contributed by atoms with Crippen LogP contribution in [0.25, 0.3) is 0 Å². The van der Waals surface area contributed by atoms with E-state index in [1.54, 1.807) is 0 Å². The smallest absolute Gasteiger partial charge is 0.0594 e. The maximum Gasteiger partial charge on any atom is 0.0594 e. The van der Waals surface area contributed by atoms with Crippen LogP contribution in [0, 0.1) is 5.92 Å². The van der Waals surface area contributed by atoms with Gasteiger partial charge in [0.2, 0.25) is 0 Å². The summed E-state index contributed by atoms with van der Waals surface area (Å²) in [4.78, 5) is 2.20. The van der Waals surface area contributed by atoms with Crippen LogP contribution in [0.15, 0.2) is 0 Å². The van der Waals surface area contributed by atoms with Crippen molar-refractivity contribution in [1.29, 1.82) is 0 Å². The quantitative estimate of drug-likeness (QED) is 0.660. The van der Waals surface area contributed by atoms with Gasteiger partial charge in [0.15, 0.2) is 0 Å². The second-order valence-corrected chi connectivity index (χ2v) is 5.49. The van der Waals surface area contributed by atoms with Crippen molar-refractivity contribution >= 4 is 0 Å². The van der Waals surface area contributed by atoms with Crippen LogP contribution in [0.1, 0.15) is 39.0 Å². The molecule has 0 radical (unpaired) electrons. The molecule has 1 aliphatic carbocycles. The summed E-state index contributed by atoms with van der Waals surface area (Å²) in [5.41, 5.74) is 0. The maximum absolute atomic E-state index is 5.95. The lowest BCUT2D eigenvalue weighted by Crippen LogP contribution is -2.31. The number of ether oxygens (including phenoxy) is 1. The molecule has 1 rings (SSSR count). The summed E-state index contributed by atoms with van der Waals surface area (Å²) in [7, 11) is 4.20. The van der Waals surface area contributed by atoms with Crippen molar-refractivity contribution in [3.05, 3.63) is 0 Å². The molecule has 0 spiro atoms. The van der Waals surface area contributed by atoms with Crippen LogP contribution < -0.4 is 5.32 Å². The van der Waals surface area contributed by atoms with Gasteiger partial charge in [0.05, 0.1) is 12.7 Å². The average molecular weight is 242 g/mol. The lowest BCUT2D eigenvalue weighted by molar-refractivity contribution is 0.0142. The van der Waals surface area contributed by atoms with Gasteiger partial charge in [-0.15, -0.1) is 0 Å². The minimum absolute atomic E-state index is 0.532. The van der Waals surface area contributed by atoms with Gasteiger partial charge >= 0.3 is 0 Å². The lowest BCUT2D eigenvalue weighted by atomic mass is 9.85. The van der Waals surface area contributed by atoms with Gasteiger partial charge in [0.25, 0.3) is 0 Å². The first-order valence-electron chi connectivity index (χ1n) is 7.19. The highest BCUT2D eigenvalue weighted by Crippen LogP contribution is 2.28. The first-order chi connectivity index (χ1) is 8.22. The van der Waals surface area contributed by atoms with Gasteiger partial charge in [-0.1, -0.05) is 26.2 Å². The third-order valence-electron chi connectivity index (χ3n) is 3.68. The average Bonchev–Trinajstić information content (AvgIpc) is 2.33. The predicted molar refractivity (Wildman–Crippen MR) is 73.4 cm³/mol. The van der Waals surface area contributed by atoms with E-state index in [9.17, 15) is 0 Å². The van der Waals surface area contributed by atoms with E-state index in [1.807, 2.05) is 0 Å². The molecule has 0 bridgehead atoms. The van der Waals surface area contributed by atoms with E-state index in [0.29, 0.717) is 6.10 Å². The number of nitrogens with one attached hydrogen (secondary N) is 1. The third-order valence-corrected chi connectivity index (χ3v) is 3.68. The van der Waals surface area contributed by atoms with Crippen LogP contribution in [0.4, 0.5) is 0 Å². The molecule has 1 N–H and O–H groups in total. The summed E-state index contributed by atoms with van der Waals surface area (Å²) in [5, 5.41) is 3.41. The fourth-order valence-corrected chi connectivity index (χ4v) is 2.49. The molecule has 0 aromatic carbocycles. The maximum atomic E-state index is 5.95. The van der Waals surface area contributed by atoms with Gasteiger partial charge in [-0.2, -0.15) is 0 Å². The van der Waals surface area contributed by atoms with E-state index in [2.05, 4.69) is 31.2 Å². The van der Waals surface area contributed by atoms with E-state index < -0.39 is 0 Å². The molecule has 1 fully saturated rings. The Kier molecular flexibility index (Phi) is 7.82. The summed E-state index contributed by atoms with van der Waals surface area (Å²) in [6.07, 6.45) is 7.18. The van der Waals surface area contributed by atoms with Crippen molar-refractivity contribution in [2.45, 2.75) is 45.1 Å². The highest BCUT2D eigenvalue weighted by Gasteiger charge is 2.20. The molecule has 2 unspecified atom stereocenters.